The quantitative estimate of drug-likeness (QED) is 0.353. The lowest BCUT2D eigenvalue weighted by molar-refractivity contribution is -0.173. The molecule has 2 aliphatic heterocycles. The lowest BCUT2D eigenvalue weighted by Gasteiger charge is -2.46. The second kappa shape index (κ2) is 9.50. The van der Waals surface area contributed by atoms with Crippen molar-refractivity contribution < 1.29 is 31.9 Å². The van der Waals surface area contributed by atoms with Crippen LogP contribution >= 0.6 is 11.8 Å². The van der Waals surface area contributed by atoms with Gasteiger partial charge in [-0.05, 0) is 30.2 Å². The molecule has 0 spiro atoms. The van der Waals surface area contributed by atoms with Crippen molar-refractivity contribution in [3.05, 3.63) is 93.2 Å². The van der Waals surface area contributed by atoms with Gasteiger partial charge in [-0.15, -0.1) is 11.8 Å². The van der Waals surface area contributed by atoms with E-state index in [2.05, 4.69) is 0 Å². The zero-order chi connectivity index (χ0) is 27.4. The van der Waals surface area contributed by atoms with Crippen LogP contribution in [-0.2, 0) is 10.5 Å². The Balaban J connectivity index is 1.81. The highest BCUT2D eigenvalue weighted by molar-refractivity contribution is 7.98. The fourth-order valence-electron chi connectivity index (χ4n) is 4.73. The molecule has 12 heteroatoms. The average Bonchev–Trinajstić information content (AvgIpc) is 3.02. The van der Waals surface area contributed by atoms with E-state index in [4.69, 9.17) is 4.74 Å². The lowest BCUT2D eigenvalue weighted by Crippen LogP contribution is -2.60. The van der Waals surface area contributed by atoms with E-state index in [1.54, 1.807) is 24.3 Å². The Kier molecular flexibility index (Phi) is 6.46. The highest BCUT2D eigenvalue weighted by atomic mass is 32.2. The molecule has 1 amide bonds. The number of nitrogens with zero attached hydrogens (tertiary/aromatic N) is 3. The van der Waals surface area contributed by atoms with Crippen molar-refractivity contribution in [2.75, 3.05) is 11.7 Å². The second-order valence-electron chi connectivity index (χ2n) is 8.91. The minimum absolute atomic E-state index is 0.278. The maximum absolute atomic E-state index is 15.0. The van der Waals surface area contributed by atoms with E-state index in [9.17, 15) is 27.6 Å². The van der Waals surface area contributed by atoms with E-state index in [0.29, 0.717) is 21.6 Å². The number of aromatic nitrogens is 1. The fraction of sp³-hybridized carbons (Fsp3) is 0.269. The summed E-state index contributed by atoms with van der Waals surface area (Å²) >= 11 is 1.39. The molecule has 3 heterocycles. The van der Waals surface area contributed by atoms with Crippen LogP contribution in [0.3, 0.4) is 0 Å². The normalized spacial score (nSPS) is 17.7. The average molecular weight is 548 g/mol. The number of carbonyl (C=O) groups is 2. The van der Waals surface area contributed by atoms with Crippen LogP contribution in [0.2, 0.25) is 0 Å². The first kappa shape index (κ1) is 25.8. The van der Waals surface area contributed by atoms with Gasteiger partial charge in [-0.25, -0.2) is 4.39 Å². The van der Waals surface area contributed by atoms with Crippen molar-refractivity contribution >= 4 is 23.6 Å². The van der Waals surface area contributed by atoms with Gasteiger partial charge in [-0.3, -0.25) is 24.1 Å². The van der Waals surface area contributed by atoms with E-state index in [1.807, 2.05) is 6.07 Å². The summed E-state index contributed by atoms with van der Waals surface area (Å²) in [5.41, 5.74) is 0.172. The van der Waals surface area contributed by atoms with Crippen molar-refractivity contribution in [3.63, 3.8) is 0 Å². The molecule has 0 aliphatic carbocycles. The third kappa shape index (κ3) is 4.32. The van der Waals surface area contributed by atoms with Crippen LogP contribution in [-0.4, -0.2) is 40.3 Å². The van der Waals surface area contributed by atoms with Crippen molar-refractivity contribution in [1.29, 1.82) is 0 Å². The molecule has 3 aromatic rings. The number of esters is 1. The molecule has 0 saturated heterocycles. The molecule has 0 saturated carbocycles. The smallest absolute Gasteiger partial charge is 0.408 e. The lowest BCUT2D eigenvalue weighted by atomic mass is 9.94. The van der Waals surface area contributed by atoms with Crippen LogP contribution in [0.25, 0.3) is 0 Å². The summed E-state index contributed by atoms with van der Waals surface area (Å²) in [6, 6.07) is 9.67. The SMILES string of the molecule is CC(=O)Oc1c2n(ccc1=O)N([C@@H]1c3ccccc3SCc3c(F)cccc31)CN([C@H](C)C(F)(F)F)C2=O. The number of thioether (sulfide) groups is 1. The third-order valence-corrected chi connectivity index (χ3v) is 7.71. The van der Waals surface area contributed by atoms with Gasteiger partial charge in [0.2, 0.25) is 11.2 Å². The van der Waals surface area contributed by atoms with Crippen molar-refractivity contribution in [1.82, 2.24) is 9.58 Å². The molecular formula is C26H21F4N3O4S. The Morgan fingerprint density at radius 1 is 1.08 bits per heavy atom. The summed E-state index contributed by atoms with van der Waals surface area (Å²) in [6.07, 6.45) is -3.54. The Morgan fingerprint density at radius 2 is 1.79 bits per heavy atom. The first-order valence-electron chi connectivity index (χ1n) is 11.6. The predicted octanol–water partition coefficient (Wildman–Crippen LogP) is 4.61. The summed E-state index contributed by atoms with van der Waals surface area (Å²) in [6.45, 7) is 1.31. The van der Waals surface area contributed by atoms with Crippen LogP contribution in [0.5, 0.6) is 5.75 Å². The number of carbonyl (C=O) groups excluding carboxylic acids is 2. The maximum Gasteiger partial charge on any atom is 0.408 e. The molecule has 0 unspecified atom stereocenters. The number of fused-ring (bicyclic) bond motifs is 3. The molecule has 0 radical (unpaired) electrons. The van der Waals surface area contributed by atoms with Gasteiger partial charge >= 0.3 is 12.1 Å². The summed E-state index contributed by atoms with van der Waals surface area (Å²) < 4.78 is 63.1. The van der Waals surface area contributed by atoms with E-state index in [-0.39, 0.29) is 5.75 Å². The van der Waals surface area contributed by atoms with Gasteiger partial charge in [0.15, 0.2) is 5.69 Å². The number of hydrogen-bond acceptors (Lipinski definition) is 6. The maximum atomic E-state index is 15.0. The molecule has 198 valence electrons. The molecule has 2 aromatic carbocycles. The van der Waals surface area contributed by atoms with Gasteiger partial charge in [0.25, 0.3) is 5.91 Å². The van der Waals surface area contributed by atoms with Crippen molar-refractivity contribution in [2.24, 2.45) is 0 Å². The molecule has 2 aliphatic rings. The van der Waals surface area contributed by atoms with E-state index in [1.165, 1.54) is 39.8 Å². The summed E-state index contributed by atoms with van der Waals surface area (Å²) in [5.74, 6) is -2.91. The molecular weight excluding hydrogens is 526 g/mol. The van der Waals surface area contributed by atoms with Gasteiger partial charge in [0.1, 0.15) is 18.5 Å². The standard InChI is InChI=1S/C26H21F4N3O4S/c1-14(26(28,29)30)31-13-33(32-11-10-20(35)24(37-15(2)34)23(32)25(31)36)22-16-7-5-8-19(27)18(16)12-38-21-9-4-3-6-17(21)22/h3-11,14,22H,12-13H2,1-2H3/t14-,22+/m1/s1. The molecule has 0 bridgehead atoms. The summed E-state index contributed by atoms with van der Waals surface area (Å²) in [5, 5.41) is 1.45. The zero-order valence-electron chi connectivity index (χ0n) is 20.2. The van der Waals surface area contributed by atoms with Gasteiger partial charge in [0.05, 0.1) is 6.04 Å². The monoisotopic (exact) mass is 547 g/mol. The Bertz CT molecular complexity index is 1510. The Morgan fingerprint density at radius 3 is 2.50 bits per heavy atom. The number of rotatable bonds is 3. The second-order valence-corrected chi connectivity index (χ2v) is 9.92. The topological polar surface area (TPSA) is 71.8 Å². The van der Waals surface area contributed by atoms with E-state index >= 15 is 4.39 Å². The molecule has 2 atom stereocenters. The molecule has 7 nitrogen and oxygen atoms in total. The minimum atomic E-state index is -4.79. The van der Waals surface area contributed by atoms with Crippen molar-refractivity contribution in [3.8, 4) is 5.75 Å². The fourth-order valence-corrected chi connectivity index (χ4v) is 5.85. The third-order valence-electron chi connectivity index (χ3n) is 6.59. The molecule has 38 heavy (non-hydrogen) atoms. The van der Waals surface area contributed by atoms with Gasteiger partial charge in [-0.2, -0.15) is 13.2 Å². The number of hydrogen-bond donors (Lipinski definition) is 0. The minimum Gasteiger partial charge on any atom is -0.420 e. The number of pyridine rings is 1. The Labute approximate surface area is 218 Å². The molecule has 0 N–H and O–H groups in total. The van der Waals surface area contributed by atoms with Crippen LogP contribution in [0.15, 0.2) is 64.4 Å². The van der Waals surface area contributed by atoms with Crippen LogP contribution in [0.4, 0.5) is 17.6 Å². The van der Waals surface area contributed by atoms with Crippen molar-refractivity contribution in [2.45, 2.75) is 42.8 Å². The van der Waals surface area contributed by atoms with E-state index in [0.717, 1.165) is 24.8 Å². The van der Waals surface area contributed by atoms with Gasteiger partial charge < -0.3 is 9.64 Å². The number of halogens is 4. The number of ether oxygens (including phenoxy) is 1. The largest absolute Gasteiger partial charge is 0.420 e. The first-order chi connectivity index (χ1) is 18.0. The molecule has 1 aromatic heterocycles. The summed E-state index contributed by atoms with van der Waals surface area (Å²) in [4.78, 5) is 39.3. The summed E-state index contributed by atoms with van der Waals surface area (Å²) in [7, 11) is 0. The molecule has 5 rings (SSSR count). The van der Waals surface area contributed by atoms with Gasteiger partial charge in [0, 0.05) is 35.4 Å². The first-order valence-corrected chi connectivity index (χ1v) is 12.5. The number of benzene rings is 2. The van der Waals surface area contributed by atoms with Crippen LogP contribution in [0, 0.1) is 5.82 Å². The Hall–Kier alpha value is -3.80. The number of amides is 1. The zero-order valence-corrected chi connectivity index (χ0v) is 21.0. The van der Waals surface area contributed by atoms with E-state index < -0.39 is 59.5 Å². The van der Waals surface area contributed by atoms with Crippen LogP contribution < -0.4 is 15.2 Å². The van der Waals surface area contributed by atoms with Gasteiger partial charge in [-0.1, -0.05) is 30.3 Å². The highest BCUT2D eigenvalue weighted by Crippen LogP contribution is 2.44. The highest BCUT2D eigenvalue weighted by Gasteiger charge is 2.48. The predicted molar refractivity (Wildman–Crippen MR) is 131 cm³/mol. The van der Waals surface area contributed by atoms with Crippen LogP contribution in [0.1, 0.15) is 47.1 Å². The molecule has 0 fully saturated rings. The number of alkyl halides is 3.